The number of carbonyl (C=O) groups excluding carboxylic acids is 3. The van der Waals surface area contributed by atoms with Crippen LogP contribution in [-0.2, 0) is 16.2 Å². The Balaban J connectivity index is 1.53. The van der Waals surface area contributed by atoms with Gasteiger partial charge in [-0.3, -0.25) is 19.3 Å². The van der Waals surface area contributed by atoms with E-state index in [-0.39, 0.29) is 29.8 Å². The number of halogens is 1. The zero-order valence-corrected chi connectivity index (χ0v) is 18.9. The average Bonchev–Trinajstić information content (AvgIpc) is 3.44. The summed E-state index contributed by atoms with van der Waals surface area (Å²) in [5.41, 5.74) is 1.31. The number of imide groups is 1. The summed E-state index contributed by atoms with van der Waals surface area (Å²) in [6.45, 7) is 1.22. The summed E-state index contributed by atoms with van der Waals surface area (Å²) in [5.74, 6) is -0.222. The second-order valence-corrected chi connectivity index (χ2v) is 8.64. The van der Waals surface area contributed by atoms with Gasteiger partial charge in [-0.05, 0) is 54.4 Å². The molecule has 2 aromatic rings. The molecule has 172 valence electrons. The molecule has 0 N–H and O–H groups in total. The zero-order chi connectivity index (χ0) is 23.4. The second-order valence-electron chi connectivity index (χ2n) is 7.65. The number of hydrogen-bond acceptors (Lipinski definition) is 6. The molecule has 0 radical (unpaired) electrons. The Morgan fingerprint density at radius 2 is 1.85 bits per heavy atom. The molecule has 0 aliphatic carbocycles. The quantitative estimate of drug-likeness (QED) is 0.568. The maximum Gasteiger partial charge on any atom is 0.294 e. The molecule has 9 heteroatoms. The molecule has 2 aromatic carbocycles. The molecule has 2 aliphatic heterocycles. The summed E-state index contributed by atoms with van der Waals surface area (Å²) < 4.78 is 24.5. The number of para-hydroxylation sites is 1. The molecule has 0 unspecified atom stereocenters. The molecule has 0 spiro atoms. The van der Waals surface area contributed by atoms with Gasteiger partial charge in [0.2, 0.25) is 5.91 Å². The van der Waals surface area contributed by atoms with Crippen molar-refractivity contribution in [1.82, 2.24) is 9.80 Å². The molecular formula is C24H23FN2O5S. The number of amides is 3. The highest BCUT2D eigenvalue weighted by atomic mass is 32.2. The molecule has 0 atom stereocenters. The van der Waals surface area contributed by atoms with Gasteiger partial charge in [-0.15, -0.1) is 0 Å². The number of benzene rings is 2. The maximum absolute atomic E-state index is 13.2. The van der Waals surface area contributed by atoms with Crippen LogP contribution in [0.4, 0.5) is 9.18 Å². The number of likely N-dealkylation sites (tertiary alicyclic amines) is 1. The molecule has 2 fully saturated rings. The zero-order valence-electron chi connectivity index (χ0n) is 18.1. The third-order valence-electron chi connectivity index (χ3n) is 5.44. The monoisotopic (exact) mass is 470 g/mol. The van der Waals surface area contributed by atoms with Gasteiger partial charge in [-0.1, -0.05) is 24.3 Å². The third-order valence-corrected chi connectivity index (χ3v) is 6.35. The van der Waals surface area contributed by atoms with E-state index in [0.29, 0.717) is 30.2 Å². The highest BCUT2D eigenvalue weighted by Crippen LogP contribution is 2.37. The van der Waals surface area contributed by atoms with E-state index in [4.69, 9.17) is 9.47 Å². The van der Waals surface area contributed by atoms with E-state index < -0.39 is 11.1 Å². The molecule has 0 saturated carbocycles. The van der Waals surface area contributed by atoms with Gasteiger partial charge >= 0.3 is 0 Å². The average molecular weight is 471 g/mol. The molecule has 0 bridgehead atoms. The van der Waals surface area contributed by atoms with Crippen molar-refractivity contribution in [3.05, 3.63) is 64.3 Å². The number of nitrogens with zero attached hydrogens (tertiary/aromatic N) is 2. The van der Waals surface area contributed by atoms with E-state index >= 15 is 0 Å². The number of rotatable bonds is 7. The van der Waals surface area contributed by atoms with Gasteiger partial charge in [0.05, 0.1) is 12.0 Å². The van der Waals surface area contributed by atoms with Crippen molar-refractivity contribution >= 4 is 34.9 Å². The summed E-state index contributed by atoms with van der Waals surface area (Å²) in [5, 5.41) is -0.476. The van der Waals surface area contributed by atoms with Gasteiger partial charge in [-0.2, -0.15) is 0 Å². The SMILES string of the molecule is COc1cccc(/C=C2\SC(=O)N(CC(=O)N3CCCC3)C2=O)c1OCc1ccc(F)cc1. The molecule has 3 amide bonds. The van der Waals surface area contributed by atoms with E-state index in [1.165, 1.54) is 19.2 Å². The first-order valence-electron chi connectivity index (χ1n) is 10.5. The van der Waals surface area contributed by atoms with Crippen molar-refractivity contribution < 1.29 is 28.2 Å². The first-order valence-corrected chi connectivity index (χ1v) is 11.4. The molecule has 0 aromatic heterocycles. The Hall–Kier alpha value is -3.33. The number of thioether (sulfide) groups is 1. The Morgan fingerprint density at radius 1 is 1.12 bits per heavy atom. The number of methoxy groups -OCH3 is 1. The first-order chi connectivity index (χ1) is 16.0. The van der Waals surface area contributed by atoms with Crippen molar-refractivity contribution in [1.29, 1.82) is 0 Å². The molecular weight excluding hydrogens is 447 g/mol. The minimum Gasteiger partial charge on any atom is -0.493 e. The molecule has 7 nitrogen and oxygen atoms in total. The fourth-order valence-corrected chi connectivity index (χ4v) is 4.51. The molecule has 2 saturated heterocycles. The number of ether oxygens (including phenoxy) is 2. The molecule has 2 aliphatic rings. The Kier molecular flexibility index (Phi) is 6.98. The van der Waals surface area contributed by atoms with Crippen LogP contribution >= 0.6 is 11.8 Å². The van der Waals surface area contributed by atoms with Crippen LogP contribution in [0.3, 0.4) is 0 Å². The Morgan fingerprint density at radius 3 is 2.55 bits per heavy atom. The van der Waals surface area contributed by atoms with Crippen molar-refractivity contribution in [2.75, 3.05) is 26.7 Å². The highest BCUT2D eigenvalue weighted by Gasteiger charge is 2.37. The minimum atomic E-state index is -0.509. The summed E-state index contributed by atoms with van der Waals surface area (Å²) in [6.07, 6.45) is 3.43. The summed E-state index contributed by atoms with van der Waals surface area (Å²) in [7, 11) is 1.50. The van der Waals surface area contributed by atoms with E-state index in [1.807, 2.05) is 0 Å². The van der Waals surface area contributed by atoms with Gasteiger partial charge in [0.15, 0.2) is 11.5 Å². The van der Waals surface area contributed by atoms with Crippen LogP contribution in [0.15, 0.2) is 47.4 Å². The molecule has 2 heterocycles. The van der Waals surface area contributed by atoms with E-state index in [2.05, 4.69) is 0 Å². The van der Waals surface area contributed by atoms with Crippen LogP contribution in [0.25, 0.3) is 6.08 Å². The lowest BCUT2D eigenvalue weighted by Gasteiger charge is -2.18. The van der Waals surface area contributed by atoms with Crippen LogP contribution in [0.1, 0.15) is 24.0 Å². The standard InChI is InChI=1S/C24H23FN2O5S/c1-31-19-6-4-5-17(22(19)32-15-16-7-9-18(25)10-8-16)13-20-23(29)27(24(30)33-20)14-21(28)26-11-2-3-12-26/h4-10,13H,2-3,11-12,14-15H2,1H3/b20-13-. The first kappa shape index (κ1) is 22.8. The normalized spacial score (nSPS) is 17.2. The lowest BCUT2D eigenvalue weighted by atomic mass is 10.1. The van der Waals surface area contributed by atoms with Crippen LogP contribution in [0, 0.1) is 5.82 Å². The van der Waals surface area contributed by atoms with E-state index in [0.717, 1.165) is 35.1 Å². The predicted octanol–water partition coefficient (Wildman–Crippen LogP) is 4.07. The van der Waals surface area contributed by atoms with Gasteiger partial charge < -0.3 is 14.4 Å². The van der Waals surface area contributed by atoms with E-state index in [9.17, 15) is 18.8 Å². The third kappa shape index (κ3) is 5.19. The highest BCUT2D eigenvalue weighted by molar-refractivity contribution is 8.18. The largest absolute Gasteiger partial charge is 0.493 e. The van der Waals surface area contributed by atoms with Crippen LogP contribution in [0.5, 0.6) is 11.5 Å². The van der Waals surface area contributed by atoms with Crippen molar-refractivity contribution in [2.24, 2.45) is 0 Å². The topological polar surface area (TPSA) is 76.2 Å². The smallest absolute Gasteiger partial charge is 0.294 e. The second kappa shape index (κ2) is 10.1. The van der Waals surface area contributed by atoms with Gasteiger partial charge in [0.25, 0.3) is 11.1 Å². The van der Waals surface area contributed by atoms with Gasteiger partial charge in [0, 0.05) is 18.7 Å². The fraction of sp³-hybridized carbons (Fsp3) is 0.292. The number of carbonyl (C=O) groups is 3. The van der Waals surface area contributed by atoms with Crippen molar-refractivity contribution in [2.45, 2.75) is 19.4 Å². The Labute approximate surface area is 195 Å². The predicted molar refractivity (Wildman–Crippen MR) is 122 cm³/mol. The Bertz CT molecular complexity index is 1100. The minimum absolute atomic E-state index is 0.160. The summed E-state index contributed by atoms with van der Waals surface area (Å²) >= 11 is 0.789. The maximum atomic E-state index is 13.2. The van der Waals surface area contributed by atoms with E-state index in [1.54, 1.807) is 41.3 Å². The van der Waals surface area contributed by atoms with Crippen LogP contribution < -0.4 is 9.47 Å². The molecule has 33 heavy (non-hydrogen) atoms. The summed E-state index contributed by atoms with van der Waals surface area (Å²) in [4.78, 5) is 40.6. The summed E-state index contributed by atoms with van der Waals surface area (Å²) in [6, 6.07) is 11.1. The lowest BCUT2D eigenvalue weighted by Crippen LogP contribution is -2.40. The van der Waals surface area contributed by atoms with Crippen LogP contribution in [-0.4, -0.2) is 53.6 Å². The number of hydrogen-bond donors (Lipinski definition) is 0. The molecule has 4 rings (SSSR count). The van der Waals surface area contributed by atoms with Crippen molar-refractivity contribution in [3.8, 4) is 11.5 Å². The van der Waals surface area contributed by atoms with Crippen molar-refractivity contribution in [3.63, 3.8) is 0 Å². The van der Waals surface area contributed by atoms with Crippen LogP contribution in [0.2, 0.25) is 0 Å². The van der Waals surface area contributed by atoms with Gasteiger partial charge in [-0.25, -0.2) is 4.39 Å². The lowest BCUT2D eigenvalue weighted by molar-refractivity contribution is -0.135. The van der Waals surface area contributed by atoms with Gasteiger partial charge in [0.1, 0.15) is 19.0 Å². The fourth-order valence-electron chi connectivity index (χ4n) is 3.68.